The molecule has 2 heterocycles. The molecule has 1 saturated carbocycles. The second-order valence-electron chi connectivity index (χ2n) is 12.5. The maximum absolute atomic E-state index is 13.7. The summed E-state index contributed by atoms with van der Waals surface area (Å²) in [5, 5.41) is 26.2. The van der Waals surface area contributed by atoms with Crippen LogP contribution in [0.2, 0.25) is 0 Å². The standard InChI is InChI=1S/C26H39N5O6S.2C2HF3O2/c1-17(27)18-3-5-19(6-4-18)25(33)31-16-22(29-11-13-30(14-12-29)38(2,36)37)15-23(31)24(32)28-21-9-7-20(8-10-21)26(34)35;2*3-2(4,5)1(6)7/h7-10,17-19,22-23H,3-6,11-16,27H2,1-2H3,(H,28,32)(H,34,35);2*(H,6,7)/t17-,18-,19-,22-,23-;;/m0../s1. The number of carbonyl (C=O) groups is 5. The van der Waals surface area contributed by atoms with E-state index in [4.69, 9.17) is 30.6 Å². The molecule has 3 atom stereocenters. The zero-order valence-corrected chi connectivity index (χ0v) is 28.9. The van der Waals surface area contributed by atoms with Crippen molar-refractivity contribution in [3.63, 3.8) is 0 Å². The number of aliphatic carboxylic acids is 2. The van der Waals surface area contributed by atoms with E-state index in [-0.39, 0.29) is 35.4 Å². The topological polar surface area (TPSA) is 228 Å². The maximum atomic E-state index is 13.7. The number of alkyl halides is 6. The van der Waals surface area contributed by atoms with Crippen LogP contribution in [0.1, 0.15) is 49.4 Å². The summed E-state index contributed by atoms with van der Waals surface area (Å²) in [4.78, 5) is 60.0. The quantitative estimate of drug-likeness (QED) is 0.252. The van der Waals surface area contributed by atoms with E-state index in [1.54, 1.807) is 17.0 Å². The summed E-state index contributed by atoms with van der Waals surface area (Å²) in [6.07, 6.45) is -5.20. The average molecular weight is 778 g/mol. The monoisotopic (exact) mass is 777 g/mol. The van der Waals surface area contributed by atoms with Gasteiger partial charge in [0, 0.05) is 56.4 Å². The van der Waals surface area contributed by atoms with Crippen molar-refractivity contribution < 1.29 is 74.1 Å². The van der Waals surface area contributed by atoms with Crippen LogP contribution in [0.4, 0.5) is 32.0 Å². The Morgan fingerprint density at radius 1 is 0.846 bits per heavy atom. The first-order valence-corrected chi connectivity index (χ1v) is 17.7. The van der Waals surface area contributed by atoms with Gasteiger partial charge in [0.1, 0.15) is 6.04 Å². The number of carboxylic acid groups (broad SMARTS) is 3. The molecule has 294 valence electrons. The molecule has 0 bridgehead atoms. The number of amides is 2. The van der Waals surface area contributed by atoms with Gasteiger partial charge in [0.05, 0.1) is 11.8 Å². The number of rotatable bonds is 7. The van der Waals surface area contributed by atoms with Crippen molar-refractivity contribution in [1.29, 1.82) is 0 Å². The molecule has 0 aromatic heterocycles. The van der Waals surface area contributed by atoms with Crippen molar-refractivity contribution in [2.45, 2.75) is 69.5 Å². The second-order valence-corrected chi connectivity index (χ2v) is 14.5. The predicted octanol–water partition coefficient (Wildman–Crippen LogP) is 2.29. The van der Waals surface area contributed by atoms with Gasteiger partial charge in [0.2, 0.25) is 21.8 Å². The number of nitrogens with one attached hydrogen (secondary N) is 1. The Morgan fingerprint density at radius 2 is 1.31 bits per heavy atom. The van der Waals surface area contributed by atoms with Gasteiger partial charge >= 0.3 is 30.3 Å². The van der Waals surface area contributed by atoms with Crippen LogP contribution in [-0.2, 0) is 29.2 Å². The van der Waals surface area contributed by atoms with E-state index in [1.165, 1.54) is 22.7 Å². The van der Waals surface area contributed by atoms with Crippen molar-refractivity contribution in [3.05, 3.63) is 29.8 Å². The van der Waals surface area contributed by atoms with Gasteiger partial charge < -0.3 is 31.3 Å². The SMILES string of the molecule is C[C@H](N)[C@H]1CC[C@H](C(=O)N2C[C@@H](N3CCN(S(C)(=O)=O)CC3)C[C@H]2C(=O)Nc2ccc(C(=O)O)cc2)CC1.O=C(O)C(F)(F)F.O=C(O)C(F)(F)F. The van der Waals surface area contributed by atoms with Crippen molar-refractivity contribution in [3.8, 4) is 0 Å². The molecule has 1 aromatic carbocycles. The predicted molar refractivity (Wildman–Crippen MR) is 170 cm³/mol. The number of hydrogen-bond donors (Lipinski definition) is 5. The average Bonchev–Trinajstić information content (AvgIpc) is 3.50. The summed E-state index contributed by atoms with van der Waals surface area (Å²) in [6.45, 7) is 4.29. The van der Waals surface area contributed by atoms with Crippen LogP contribution in [0.15, 0.2) is 24.3 Å². The molecule has 6 N–H and O–H groups in total. The fraction of sp³-hybridized carbons (Fsp3) is 0.633. The van der Waals surface area contributed by atoms with Gasteiger partial charge in [0.25, 0.3) is 0 Å². The summed E-state index contributed by atoms with van der Waals surface area (Å²) in [5.41, 5.74) is 6.67. The Kier molecular flexibility index (Phi) is 15.4. The molecule has 15 nitrogen and oxygen atoms in total. The minimum Gasteiger partial charge on any atom is -0.478 e. The fourth-order valence-electron chi connectivity index (χ4n) is 6.02. The Bertz CT molecular complexity index is 1500. The van der Waals surface area contributed by atoms with Crippen LogP contribution in [0.25, 0.3) is 0 Å². The number of halogens is 6. The van der Waals surface area contributed by atoms with E-state index in [2.05, 4.69) is 10.2 Å². The van der Waals surface area contributed by atoms with E-state index in [1.807, 2.05) is 6.92 Å². The normalized spacial score (nSPS) is 23.6. The third-order valence-corrected chi connectivity index (χ3v) is 10.2. The maximum Gasteiger partial charge on any atom is 0.490 e. The number of sulfonamides is 1. The number of hydrogen-bond acceptors (Lipinski definition) is 9. The van der Waals surface area contributed by atoms with Crippen molar-refractivity contribution in [1.82, 2.24) is 14.1 Å². The lowest BCUT2D eigenvalue weighted by molar-refractivity contribution is -0.193. The Labute approximate surface area is 294 Å². The Balaban J connectivity index is 0.000000564. The number of piperazine rings is 1. The summed E-state index contributed by atoms with van der Waals surface area (Å²) < 4.78 is 88.8. The number of carbonyl (C=O) groups excluding carboxylic acids is 2. The Morgan fingerprint density at radius 3 is 1.69 bits per heavy atom. The molecule has 0 unspecified atom stereocenters. The zero-order chi connectivity index (χ0) is 39.8. The van der Waals surface area contributed by atoms with Crippen LogP contribution >= 0.6 is 0 Å². The Hall–Kier alpha value is -4.02. The van der Waals surface area contributed by atoms with Crippen molar-refractivity contribution in [2.75, 3.05) is 44.3 Å². The third kappa shape index (κ3) is 13.2. The van der Waals surface area contributed by atoms with Crippen LogP contribution in [0.5, 0.6) is 0 Å². The first-order chi connectivity index (χ1) is 23.8. The number of anilines is 1. The number of nitrogens with two attached hydrogens (primary N) is 1. The molecule has 2 aliphatic heterocycles. The van der Waals surface area contributed by atoms with E-state index in [0.29, 0.717) is 50.7 Å². The number of benzene rings is 1. The van der Waals surface area contributed by atoms with Crippen LogP contribution in [-0.4, -0.2) is 137 Å². The molecule has 2 saturated heterocycles. The lowest BCUT2D eigenvalue weighted by Gasteiger charge is -2.37. The highest BCUT2D eigenvalue weighted by Crippen LogP contribution is 2.34. The molecule has 1 aromatic rings. The number of nitrogens with zero attached hydrogens (tertiary/aromatic N) is 3. The van der Waals surface area contributed by atoms with E-state index in [0.717, 1.165) is 25.7 Å². The highest BCUT2D eigenvalue weighted by Gasteiger charge is 2.45. The van der Waals surface area contributed by atoms with Crippen LogP contribution < -0.4 is 11.1 Å². The first kappa shape index (κ1) is 44.1. The van der Waals surface area contributed by atoms with Gasteiger partial charge in [-0.05, 0) is 69.2 Å². The molecule has 22 heteroatoms. The molecular weight excluding hydrogens is 736 g/mol. The molecule has 4 rings (SSSR count). The van der Waals surface area contributed by atoms with Crippen molar-refractivity contribution in [2.24, 2.45) is 17.6 Å². The highest BCUT2D eigenvalue weighted by molar-refractivity contribution is 7.88. The molecule has 3 aliphatic rings. The molecule has 0 radical (unpaired) electrons. The minimum absolute atomic E-state index is 0.00762. The third-order valence-electron chi connectivity index (χ3n) is 8.87. The van der Waals surface area contributed by atoms with E-state index < -0.39 is 46.3 Å². The van der Waals surface area contributed by atoms with Gasteiger partial charge in [0.15, 0.2) is 0 Å². The van der Waals surface area contributed by atoms with E-state index >= 15 is 0 Å². The van der Waals surface area contributed by atoms with Gasteiger partial charge in [-0.15, -0.1) is 0 Å². The second kappa shape index (κ2) is 18.1. The summed E-state index contributed by atoms with van der Waals surface area (Å²) in [7, 11) is -3.26. The molecule has 52 heavy (non-hydrogen) atoms. The van der Waals surface area contributed by atoms with Crippen LogP contribution in [0, 0.1) is 11.8 Å². The summed E-state index contributed by atoms with van der Waals surface area (Å²) in [5.74, 6) is -6.61. The first-order valence-electron chi connectivity index (χ1n) is 15.8. The smallest absolute Gasteiger partial charge is 0.478 e. The number of likely N-dealkylation sites (tertiary alicyclic amines) is 1. The largest absolute Gasteiger partial charge is 0.490 e. The summed E-state index contributed by atoms with van der Waals surface area (Å²) >= 11 is 0. The van der Waals surface area contributed by atoms with Gasteiger partial charge in [-0.1, -0.05) is 0 Å². The molecule has 0 spiro atoms. The van der Waals surface area contributed by atoms with Crippen LogP contribution in [0.3, 0.4) is 0 Å². The summed E-state index contributed by atoms with van der Waals surface area (Å²) in [6, 6.07) is 5.32. The number of aromatic carboxylic acids is 1. The molecule has 3 fully saturated rings. The zero-order valence-electron chi connectivity index (χ0n) is 28.1. The fourth-order valence-corrected chi connectivity index (χ4v) is 6.85. The lowest BCUT2D eigenvalue weighted by atomic mass is 9.78. The number of carboxylic acids is 3. The van der Waals surface area contributed by atoms with Crippen molar-refractivity contribution >= 4 is 45.4 Å². The molecule has 2 amide bonds. The lowest BCUT2D eigenvalue weighted by Crippen LogP contribution is -2.52. The van der Waals surface area contributed by atoms with Gasteiger partial charge in [-0.3, -0.25) is 14.5 Å². The minimum atomic E-state index is -5.08. The van der Waals surface area contributed by atoms with Gasteiger partial charge in [-0.2, -0.15) is 30.6 Å². The molecular formula is C30H41F6N5O10S. The van der Waals surface area contributed by atoms with Gasteiger partial charge in [-0.25, -0.2) is 22.8 Å². The van der Waals surface area contributed by atoms with E-state index in [9.17, 15) is 49.1 Å². The highest BCUT2D eigenvalue weighted by atomic mass is 32.2. The molecule has 1 aliphatic carbocycles.